The minimum Gasteiger partial charge on any atom is -0.489 e. The number of aromatic nitrogens is 1. The summed E-state index contributed by atoms with van der Waals surface area (Å²) in [6.07, 6.45) is -3.12. The summed E-state index contributed by atoms with van der Waals surface area (Å²) in [6.45, 7) is 3.32. The number of para-hydroxylation sites is 1. The summed E-state index contributed by atoms with van der Waals surface area (Å²) in [7, 11) is 0. The zero-order valence-electron chi connectivity index (χ0n) is 18.3. The maximum absolute atomic E-state index is 13.4. The third kappa shape index (κ3) is 5.11. The lowest BCUT2D eigenvalue weighted by Gasteiger charge is -2.13. The second-order valence-corrected chi connectivity index (χ2v) is 7.63. The van der Waals surface area contributed by atoms with Crippen molar-refractivity contribution in [2.75, 3.05) is 0 Å². The third-order valence-electron chi connectivity index (χ3n) is 5.12. The van der Waals surface area contributed by atoms with E-state index in [0.29, 0.717) is 28.0 Å². The average Bonchev–Trinajstić information content (AvgIpc) is 2.81. The summed E-state index contributed by atoms with van der Waals surface area (Å²) in [5, 5.41) is 0.411. The largest absolute Gasteiger partial charge is 0.489 e. The van der Waals surface area contributed by atoms with E-state index in [1.54, 1.807) is 42.5 Å². The van der Waals surface area contributed by atoms with Gasteiger partial charge in [-0.25, -0.2) is 4.79 Å². The van der Waals surface area contributed by atoms with E-state index in [1.165, 1.54) is 19.2 Å². The Balaban J connectivity index is 1.56. The molecular weight excluding hydrogens is 447 g/mol. The molecule has 0 saturated carbocycles. The Bertz CT molecular complexity index is 1350. The first-order chi connectivity index (χ1) is 16.2. The van der Waals surface area contributed by atoms with Crippen molar-refractivity contribution < 1.29 is 32.5 Å². The van der Waals surface area contributed by atoms with Crippen LogP contribution in [0.3, 0.4) is 0 Å². The van der Waals surface area contributed by atoms with Gasteiger partial charge in [0.15, 0.2) is 5.75 Å². The van der Waals surface area contributed by atoms with E-state index in [1.807, 2.05) is 19.1 Å². The van der Waals surface area contributed by atoms with Gasteiger partial charge in [0.1, 0.15) is 12.4 Å². The SMILES string of the molecule is CC(=O)OOc1ccc(COc2cccc(-c3ccnc4c(C(F)(F)F)cccc34)c2)cc1C. The van der Waals surface area contributed by atoms with E-state index in [4.69, 9.17) is 9.62 Å². The van der Waals surface area contributed by atoms with Crippen LogP contribution in [0.1, 0.15) is 23.6 Å². The summed E-state index contributed by atoms with van der Waals surface area (Å²) in [6, 6.07) is 18.2. The lowest BCUT2D eigenvalue weighted by atomic mass is 9.99. The van der Waals surface area contributed by atoms with Gasteiger partial charge in [-0.3, -0.25) is 14.8 Å². The van der Waals surface area contributed by atoms with Crippen molar-refractivity contribution in [2.45, 2.75) is 26.6 Å². The minimum atomic E-state index is -4.49. The number of carbonyl (C=O) groups excluding carboxylic acids is 1. The van der Waals surface area contributed by atoms with Gasteiger partial charge < -0.3 is 4.74 Å². The molecule has 0 atom stereocenters. The second-order valence-electron chi connectivity index (χ2n) is 7.63. The molecule has 1 aromatic heterocycles. The van der Waals surface area contributed by atoms with E-state index in [-0.39, 0.29) is 12.1 Å². The van der Waals surface area contributed by atoms with Crippen molar-refractivity contribution in [3.05, 3.63) is 89.6 Å². The molecule has 0 spiro atoms. The number of ether oxygens (including phenoxy) is 1. The number of alkyl halides is 3. The monoisotopic (exact) mass is 467 g/mol. The van der Waals surface area contributed by atoms with Crippen LogP contribution in [0.4, 0.5) is 13.2 Å². The number of benzene rings is 3. The number of fused-ring (bicyclic) bond motifs is 1. The smallest absolute Gasteiger partial charge is 0.418 e. The molecule has 0 aliphatic carbocycles. The molecule has 4 aromatic rings. The van der Waals surface area contributed by atoms with Crippen LogP contribution in [0.25, 0.3) is 22.0 Å². The molecule has 8 heteroatoms. The van der Waals surface area contributed by atoms with Gasteiger partial charge >= 0.3 is 12.1 Å². The first kappa shape index (κ1) is 23.1. The van der Waals surface area contributed by atoms with Crippen LogP contribution in [0, 0.1) is 6.92 Å². The van der Waals surface area contributed by atoms with Gasteiger partial charge in [-0.05, 0) is 65.6 Å². The highest BCUT2D eigenvalue weighted by molar-refractivity contribution is 5.96. The second kappa shape index (κ2) is 9.43. The number of hydrogen-bond donors (Lipinski definition) is 0. The van der Waals surface area contributed by atoms with E-state index in [2.05, 4.69) is 9.87 Å². The van der Waals surface area contributed by atoms with E-state index < -0.39 is 17.7 Å². The Kier molecular flexibility index (Phi) is 6.40. The standard InChI is InChI=1S/C26H20F3NO4/c1-16-13-18(9-10-24(16)34-33-17(2)31)15-32-20-6-3-5-19(14-20)21-11-12-30-25-22(21)7-4-8-23(25)26(27,28)29/h3-14H,15H2,1-2H3. The molecule has 34 heavy (non-hydrogen) atoms. The van der Waals surface area contributed by atoms with E-state index in [0.717, 1.165) is 17.2 Å². The number of carbonyl (C=O) groups is 1. The number of aryl methyl sites for hydroxylation is 1. The zero-order chi connectivity index (χ0) is 24.3. The molecule has 0 saturated heterocycles. The molecule has 1 heterocycles. The molecule has 5 nitrogen and oxygen atoms in total. The van der Waals surface area contributed by atoms with Gasteiger partial charge in [0.25, 0.3) is 0 Å². The molecule has 0 N–H and O–H groups in total. The lowest BCUT2D eigenvalue weighted by molar-refractivity contribution is -0.211. The Labute approximate surface area is 193 Å². The van der Waals surface area contributed by atoms with Gasteiger partial charge in [-0.1, -0.05) is 30.3 Å². The summed E-state index contributed by atoms with van der Waals surface area (Å²) in [5.74, 6) is 0.430. The molecule has 0 aliphatic rings. The topological polar surface area (TPSA) is 57.7 Å². The number of rotatable bonds is 6. The van der Waals surface area contributed by atoms with Crippen LogP contribution in [0.5, 0.6) is 11.5 Å². The summed E-state index contributed by atoms with van der Waals surface area (Å²) in [5.41, 5.74) is 2.11. The molecule has 0 aliphatic heterocycles. The average molecular weight is 467 g/mol. The van der Waals surface area contributed by atoms with Gasteiger partial charge in [0.05, 0.1) is 11.1 Å². The number of nitrogens with zero attached hydrogens (tertiary/aromatic N) is 1. The highest BCUT2D eigenvalue weighted by Gasteiger charge is 2.33. The van der Waals surface area contributed by atoms with Crippen LogP contribution in [-0.4, -0.2) is 11.0 Å². The van der Waals surface area contributed by atoms with Crippen molar-refractivity contribution in [2.24, 2.45) is 0 Å². The number of pyridine rings is 1. The maximum Gasteiger partial charge on any atom is 0.418 e. The van der Waals surface area contributed by atoms with Crippen molar-refractivity contribution in [1.82, 2.24) is 4.98 Å². The van der Waals surface area contributed by atoms with Crippen LogP contribution in [-0.2, 0) is 22.5 Å². The highest BCUT2D eigenvalue weighted by atomic mass is 19.4. The first-order valence-corrected chi connectivity index (χ1v) is 10.3. The predicted octanol–water partition coefficient (Wildman–Crippen LogP) is 6.66. The normalized spacial score (nSPS) is 11.3. The molecule has 4 rings (SSSR count). The van der Waals surface area contributed by atoms with Crippen molar-refractivity contribution in [3.8, 4) is 22.6 Å². The molecule has 174 valence electrons. The summed E-state index contributed by atoms with van der Waals surface area (Å²) < 4.78 is 46.2. The fourth-order valence-corrected chi connectivity index (χ4v) is 3.57. The Morgan fingerprint density at radius 3 is 2.53 bits per heavy atom. The van der Waals surface area contributed by atoms with Crippen LogP contribution in [0.15, 0.2) is 72.9 Å². The fourth-order valence-electron chi connectivity index (χ4n) is 3.57. The summed E-state index contributed by atoms with van der Waals surface area (Å²) in [4.78, 5) is 24.4. The van der Waals surface area contributed by atoms with E-state index in [9.17, 15) is 18.0 Å². The molecule has 0 amide bonds. The van der Waals surface area contributed by atoms with Crippen LogP contribution < -0.4 is 9.62 Å². The molecule has 0 fully saturated rings. The quantitative estimate of drug-likeness (QED) is 0.234. The molecule has 0 radical (unpaired) electrons. The minimum absolute atomic E-state index is 0.0923. The zero-order valence-corrected chi connectivity index (χ0v) is 18.3. The summed E-state index contributed by atoms with van der Waals surface area (Å²) >= 11 is 0. The third-order valence-corrected chi connectivity index (χ3v) is 5.12. The Morgan fingerprint density at radius 2 is 1.79 bits per heavy atom. The molecule has 3 aromatic carbocycles. The molecule has 0 unspecified atom stereocenters. The Hall–Kier alpha value is -4.07. The molecular formula is C26H20F3NO4. The van der Waals surface area contributed by atoms with Crippen LogP contribution in [0.2, 0.25) is 0 Å². The number of halogens is 3. The van der Waals surface area contributed by atoms with Crippen molar-refractivity contribution >= 4 is 16.9 Å². The lowest BCUT2D eigenvalue weighted by Crippen LogP contribution is -2.06. The fraction of sp³-hybridized carbons (Fsp3) is 0.154. The highest BCUT2D eigenvalue weighted by Crippen LogP contribution is 2.37. The van der Waals surface area contributed by atoms with Gasteiger partial charge in [0.2, 0.25) is 0 Å². The predicted molar refractivity (Wildman–Crippen MR) is 120 cm³/mol. The van der Waals surface area contributed by atoms with Gasteiger partial charge in [-0.2, -0.15) is 13.2 Å². The molecule has 0 bridgehead atoms. The van der Waals surface area contributed by atoms with Gasteiger partial charge in [-0.15, -0.1) is 0 Å². The van der Waals surface area contributed by atoms with Crippen LogP contribution >= 0.6 is 0 Å². The van der Waals surface area contributed by atoms with Gasteiger partial charge in [0, 0.05) is 18.5 Å². The van der Waals surface area contributed by atoms with Crippen molar-refractivity contribution in [3.63, 3.8) is 0 Å². The first-order valence-electron chi connectivity index (χ1n) is 10.3. The maximum atomic E-state index is 13.4. The Morgan fingerprint density at radius 1 is 1.00 bits per heavy atom. The van der Waals surface area contributed by atoms with E-state index >= 15 is 0 Å². The number of hydrogen-bond acceptors (Lipinski definition) is 5. The van der Waals surface area contributed by atoms with Crippen molar-refractivity contribution in [1.29, 1.82) is 0 Å².